The first-order valence-electron chi connectivity index (χ1n) is 7.28. The standard InChI is InChI=1S/C16H21N3O2S/c1-20-15-9-3-2-6-13(15)7-4-10-18-19-16(22)17-12-14-8-5-11-21-14/h2-4,6-7,9-10,14H,5,8,11-12H2,1H3,(H2,17,19,22)/b7-4+,18-10-/t14-/m0/s1. The summed E-state index contributed by atoms with van der Waals surface area (Å²) in [4.78, 5) is 0. The minimum Gasteiger partial charge on any atom is -0.496 e. The Hall–Kier alpha value is -1.92. The predicted molar refractivity (Wildman–Crippen MR) is 93.2 cm³/mol. The molecule has 1 aromatic rings. The number of hydrogen-bond donors (Lipinski definition) is 2. The molecule has 22 heavy (non-hydrogen) atoms. The molecule has 0 bridgehead atoms. The molecule has 0 saturated carbocycles. The van der Waals surface area contributed by atoms with Crippen LogP contribution in [-0.2, 0) is 4.74 Å². The number of hydrogen-bond acceptors (Lipinski definition) is 4. The maximum Gasteiger partial charge on any atom is 0.187 e. The predicted octanol–water partition coefficient (Wildman–Crippen LogP) is 2.34. The number of ether oxygens (including phenoxy) is 2. The van der Waals surface area contributed by atoms with Crippen LogP contribution in [0.5, 0.6) is 5.75 Å². The summed E-state index contributed by atoms with van der Waals surface area (Å²) in [5.41, 5.74) is 3.77. The monoisotopic (exact) mass is 319 g/mol. The summed E-state index contributed by atoms with van der Waals surface area (Å²) >= 11 is 5.14. The molecule has 0 aromatic heterocycles. The molecule has 1 heterocycles. The molecule has 0 spiro atoms. The van der Waals surface area contributed by atoms with Crippen molar-refractivity contribution in [3.05, 3.63) is 35.9 Å². The van der Waals surface area contributed by atoms with Crippen LogP contribution < -0.4 is 15.5 Å². The van der Waals surface area contributed by atoms with E-state index in [2.05, 4.69) is 15.8 Å². The number of para-hydroxylation sites is 1. The molecule has 1 fully saturated rings. The summed E-state index contributed by atoms with van der Waals surface area (Å²) in [6.07, 6.45) is 7.86. The molecule has 2 rings (SSSR count). The highest BCUT2D eigenvalue weighted by Crippen LogP contribution is 2.18. The smallest absolute Gasteiger partial charge is 0.187 e. The van der Waals surface area contributed by atoms with Crippen LogP contribution in [0.1, 0.15) is 18.4 Å². The molecule has 1 saturated heterocycles. The van der Waals surface area contributed by atoms with Crippen molar-refractivity contribution in [2.24, 2.45) is 5.10 Å². The zero-order valence-corrected chi connectivity index (χ0v) is 13.4. The molecular formula is C16H21N3O2S. The Kier molecular flexibility index (Phi) is 6.86. The second kappa shape index (κ2) is 9.17. The van der Waals surface area contributed by atoms with Gasteiger partial charge >= 0.3 is 0 Å². The van der Waals surface area contributed by atoms with Gasteiger partial charge in [-0.1, -0.05) is 18.2 Å². The normalized spacial score (nSPS) is 18.0. The molecule has 0 radical (unpaired) electrons. The van der Waals surface area contributed by atoms with Gasteiger partial charge in [-0.25, -0.2) is 0 Å². The van der Waals surface area contributed by atoms with Crippen molar-refractivity contribution in [1.82, 2.24) is 10.7 Å². The van der Waals surface area contributed by atoms with Crippen molar-refractivity contribution in [3.8, 4) is 5.75 Å². The van der Waals surface area contributed by atoms with E-state index in [1.807, 2.05) is 36.4 Å². The average molecular weight is 319 g/mol. The summed E-state index contributed by atoms with van der Waals surface area (Å²) in [5, 5.41) is 7.63. The minimum atomic E-state index is 0.258. The molecule has 5 nitrogen and oxygen atoms in total. The Morgan fingerprint density at radius 1 is 1.50 bits per heavy atom. The van der Waals surface area contributed by atoms with Crippen LogP contribution in [-0.4, -0.2) is 37.7 Å². The van der Waals surface area contributed by atoms with Gasteiger partial charge in [-0.15, -0.1) is 0 Å². The number of nitrogens with zero attached hydrogens (tertiary/aromatic N) is 1. The van der Waals surface area contributed by atoms with Crippen LogP contribution in [0.15, 0.2) is 35.4 Å². The second-order valence-corrected chi connectivity index (χ2v) is 5.24. The number of nitrogens with one attached hydrogen (secondary N) is 2. The van der Waals surface area contributed by atoms with Gasteiger partial charge in [0.2, 0.25) is 0 Å². The zero-order valence-electron chi connectivity index (χ0n) is 12.6. The van der Waals surface area contributed by atoms with Crippen molar-refractivity contribution in [2.45, 2.75) is 18.9 Å². The summed E-state index contributed by atoms with van der Waals surface area (Å²) in [6.45, 7) is 1.57. The zero-order chi connectivity index (χ0) is 15.6. The molecule has 0 aliphatic carbocycles. The van der Waals surface area contributed by atoms with Gasteiger partial charge in [-0.2, -0.15) is 5.10 Å². The molecule has 0 unspecified atom stereocenters. The lowest BCUT2D eigenvalue weighted by atomic mass is 10.2. The lowest BCUT2D eigenvalue weighted by Crippen LogP contribution is -2.37. The van der Waals surface area contributed by atoms with Gasteiger partial charge in [0.25, 0.3) is 0 Å². The van der Waals surface area contributed by atoms with Crippen LogP contribution >= 0.6 is 12.2 Å². The van der Waals surface area contributed by atoms with E-state index in [-0.39, 0.29) is 6.10 Å². The maximum absolute atomic E-state index is 5.51. The molecule has 6 heteroatoms. The van der Waals surface area contributed by atoms with Crippen molar-refractivity contribution in [3.63, 3.8) is 0 Å². The van der Waals surface area contributed by atoms with Crippen LogP contribution in [0, 0.1) is 0 Å². The number of methoxy groups -OCH3 is 1. The highest BCUT2D eigenvalue weighted by atomic mass is 32.1. The van der Waals surface area contributed by atoms with Crippen LogP contribution in [0.4, 0.5) is 0 Å². The van der Waals surface area contributed by atoms with Gasteiger partial charge in [-0.05, 0) is 43.3 Å². The summed E-state index contributed by atoms with van der Waals surface area (Å²) in [5.74, 6) is 0.828. The van der Waals surface area contributed by atoms with E-state index in [1.165, 1.54) is 0 Å². The Labute approximate surface area is 136 Å². The van der Waals surface area contributed by atoms with Crippen LogP contribution in [0.3, 0.4) is 0 Å². The fourth-order valence-electron chi connectivity index (χ4n) is 2.14. The highest BCUT2D eigenvalue weighted by Gasteiger charge is 2.14. The lowest BCUT2D eigenvalue weighted by molar-refractivity contribution is 0.114. The number of rotatable bonds is 6. The van der Waals surface area contributed by atoms with Crippen molar-refractivity contribution in [1.29, 1.82) is 0 Å². The third-order valence-corrected chi connectivity index (χ3v) is 3.49. The van der Waals surface area contributed by atoms with Gasteiger partial charge in [0, 0.05) is 24.9 Å². The van der Waals surface area contributed by atoms with Crippen LogP contribution in [0.25, 0.3) is 6.08 Å². The highest BCUT2D eigenvalue weighted by molar-refractivity contribution is 7.80. The van der Waals surface area contributed by atoms with Crippen molar-refractivity contribution >= 4 is 29.6 Å². The second-order valence-electron chi connectivity index (χ2n) is 4.84. The lowest BCUT2D eigenvalue weighted by Gasteiger charge is -2.11. The number of hydrazone groups is 1. The molecule has 1 aromatic carbocycles. The third kappa shape index (κ3) is 5.46. The first-order valence-corrected chi connectivity index (χ1v) is 7.68. The van der Waals surface area contributed by atoms with Crippen molar-refractivity contribution in [2.75, 3.05) is 20.3 Å². The van der Waals surface area contributed by atoms with E-state index >= 15 is 0 Å². The number of benzene rings is 1. The first-order chi connectivity index (χ1) is 10.8. The molecular weight excluding hydrogens is 298 g/mol. The fraction of sp³-hybridized carbons (Fsp3) is 0.375. The summed E-state index contributed by atoms with van der Waals surface area (Å²) < 4.78 is 10.8. The molecule has 1 aliphatic heterocycles. The van der Waals surface area contributed by atoms with E-state index in [1.54, 1.807) is 13.3 Å². The van der Waals surface area contributed by atoms with Gasteiger partial charge in [0.1, 0.15) is 5.75 Å². The minimum absolute atomic E-state index is 0.258. The molecule has 2 N–H and O–H groups in total. The topological polar surface area (TPSA) is 54.9 Å². The first kappa shape index (κ1) is 16.5. The Bertz CT molecular complexity index is 540. The summed E-state index contributed by atoms with van der Waals surface area (Å²) in [7, 11) is 1.65. The largest absolute Gasteiger partial charge is 0.496 e. The van der Waals surface area contributed by atoms with E-state index in [0.717, 1.165) is 37.3 Å². The number of thiocarbonyl (C=S) groups is 1. The molecule has 0 amide bonds. The fourth-order valence-corrected chi connectivity index (χ4v) is 2.28. The Balaban J connectivity index is 1.70. The molecule has 118 valence electrons. The number of allylic oxidation sites excluding steroid dienone is 1. The van der Waals surface area contributed by atoms with Gasteiger partial charge in [0.15, 0.2) is 5.11 Å². The van der Waals surface area contributed by atoms with E-state index in [4.69, 9.17) is 21.7 Å². The van der Waals surface area contributed by atoms with Gasteiger partial charge in [-0.3, -0.25) is 5.43 Å². The maximum atomic E-state index is 5.51. The van der Waals surface area contributed by atoms with E-state index < -0.39 is 0 Å². The molecule has 1 aliphatic rings. The van der Waals surface area contributed by atoms with Gasteiger partial charge < -0.3 is 14.8 Å². The SMILES string of the molecule is COc1ccccc1/C=C/C=N\NC(=S)NC[C@@H]1CCCO1. The third-order valence-electron chi connectivity index (χ3n) is 3.26. The molecule has 1 atom stereocenters. The quantitative estimate of drug-likeness (QED) is 0.479. The van der Waals surface area contributed by atoms with Crippen molar-refractivity contribution < 1.29 is 9.47 Å². The van der Waals surface area contributed by atoms with Gasteiger partial charge in [0.05, 0.1) is 13.2 Å². The average Bonchev–Trinajstić information content (AvgIpc) is 3.06. The van der Waals surface area contributed by atoms with E-state index in [9.17, 15) is 0 Å². The summed E-state index contributed by atoms with van der Waals surface area (Å²) in [6, 6.07) is 7.79. The van der Waals surface area contributed by atoms with Crippen LogP contribution in [0.2, 0.25) is 0 Å². The Morgan fingerprint density at radius 3 is 3.14 bits per heavy atom. The Morgan fingerprint density at radius 2 is 2.36 bits per heavy atom. The van der Waals surface area contributed by atoms with E-state index in [0.29, 0.717) is 5.11 Å².